The molecule has 2 saturated heterocycles. The molecule has 2 heterocycles. The highest BCUT2D eigenvalue weighted by Gasteiger charge is 2.54. The van der Waals surface area contributed by atoms with Crippen LogP contribution in [0.5, 0.6) is 0 Å². The predicted molar refractivity (Wildman–Crippen MR) is 61.9 cm³/mol. The third-order valence-electron chi connectivity index (χ3n) is 3.79. The van der Waals surface area contributed by atoms with Crippen LogP contribution in [0, 0.1) is 0 Å². The molecule has 0 aromatic rings. The number of carbonyl (C=O) groups excluding carboxylic acids is 3. The Morgan fingerprint density at radius 3 is 2.58 bits per heavy atom. The van der Waals surface area contributed by atoms with Crippen LogP contribution < -0.4 is 0 Å². The van der Waals surface area contributed by atoms with Gasteiger partial charge in [-0.2, -0.15) is 0 Å². The Bertz CT molecular complexity index is 422. The van der Waals surface area contributed by atoms with E-state index >= 15 is 0 Å². The van der Waals surface area contributed by atoms with Crippen LogP contribution in [0.15, 0.2) is 0 Å². The number of rotatable bonds is 3. The Morgan fingerprint density at radius 1 is 1.37 bits per heavy atom. The molecule has 1 amide bonds. The van der Waals surface area contributed by atoms with Gasteiger partial charge in [-0.05, 0) is 6.42 Å². The highest BCUT2D eigenvalue weighted by atomic mass is 16.5. The number of carbonyl (C=O) groups is 3. The van der Waals surface area contributed by atoms with Crippen molar-refractivity contribution in [2.75, 3.05) is 14.2 Å². The molecule has 7 nitrogen and oxygen atoms in total. The second kappa shape index (κ2) is 4.80. The summed E-state index contributed by atoms with van der Waals surface area (Å²) in [6.45, 7) is 0. The third-order valence-corrected chi connectivity index (χ3v) is 3.79. The van der Waals surface area contributed by atoms with Crippen LogP contribution in [0.3, 0.4) is 0 Å². The number of methoxy groups -OCH3 is 2. The molecule has 106 valence electrons. The molecule has 3 unspecified atom stereocenters. The first kappa shape index (κ1) is 13.8. The molecule has 0 aliphatic carbocycles. The van der Waals surface area contributed by atoms with Crippen LogP contribution in [0.25, 0.3) is 0 Å². The molecule has 2 fully saturated rings. The van der Waals surface area contributed by atoms with Crippen molar-refractivity contribution < 1.29 is 29.0 Å². The highest BCUT2D eigenvalue weighted by molar-refractivity contribution is 5.90. The van der Waals surface area contributed by atoms with Gasteiger partial charge in [-0.3, -0.25) is 9.59 Å². The monoisotopic (exact) mass is 271 g/mol. The zero-order valence-electron chi connectivity index (χ0n) is 10.9. The molecular formula is C12H17NO6. The fourth-order valence-electron chi connectivity index (χ4n) is 2.89. The Hall–Kier alpha value is -1.63. The van der Waals surface area contributed by atoms with Crippen LogP contribution in [-0.4, -0.2) is 59.8 Å². The van der Waals surface area contributed by atoms with Gasteiger partial charge in [-0.25, -0.2) is 4.79 Å². The lowest BCUT2D eigenvalue weighted by Crippen LogP contribution is -2.67. The topological polar surface area (TPSA) is 93.1 Å². The van der Waals surface area contributed by atoms with Crippen LogP contribution in [-0.2, 0) is 23.9 Å². The number of amides is 1. The first-order chi connectivity index (χ1) is 8.90. The van der Waals surface area contributed by atoms with Gasteiger partial charge in [-0.1, -0.05) is 0 Å². The molecule has 7 heteroatoms. The number of β-lactam (4-membered cyclic amide) rings is 1. The number of esters is 2. The Kier molecular flexibility index (Phi) is 3.49. The lowest BCUT2D eigenvalue weighted by atomic mass is 9.75. The number of hydrogen-bond acceptors (Lipinski definition) is 6. The summed E-state index contributed by atoms with van der Waals surface area (Å²) in [5, 5.41) is 10.4. The maximum atomic E-state index is 11.7. The van der Waals surface area contributed by atoms with Gasteiger partial charge in [0.1, 0.15) is 6.04 Å². The van der Waals surface area contributed by atoms with Crippen molar-refractivity contribution in [3.63, 3.8) is 0 Å². The van der Waals surface area contributed by atoms with E-state index in [0.29, 0.717) is 0 Å². The molecule has 0 spiro atoms. The minimum Gasteiger partial charge on any atom is -0.469 e. The van der Waals surface area contributed by atoms with Crippen LogP contribution in [0.4, 0.5) is 0 Å². The van der Waals surface area contributed by atoms with E-state index in [1.807, 2.05) is 0 Å². The Morgan fingerprint density at radius 2 is 2.05 bits per heavy atom. The van der Waals surface area contributed by atoms with Crippen molar-refractivity contribution in [3.05, 3.63) is 0 Å². The van der Waals surface area contributed by atoms with E-state index in [2.05, 4.69) is 9.47 Å². The van der Waals surface area contributed by atoms with E-state index in [0.717, 1.165) is 0 Å². The molecular weight excluding hydrogens is 254 g/mol. The van der Waals surface area contributed by atoms with Gasteiger partial charge in [0.2, 0.25) is 5.91 Å². The molecule has 2 rings (SSSR count). The van der Waals surface area contributed by atoms with E-state index in [1.54, 1.807) is 0 Å². The van der Waals surface area contributed by atoms with Crippen molar-refractivity contribution in [1.29, 1.82) is 0 Å². The van der Waals surface area contributed by atoms with Gasteiger partial charge in [-0.15, -0.1) is 0 Å². The second-order valence-corrected chi connectivity index (χ2v) is 5.08. The number of aliphatic hydroxyl groups is 1. The lowest BCUT2D eigenvalue weighted by molar-refractivity contribution is -0.182. The lowest BCUT2D eigenvalue weighted by Gasteiger charge is -2.52. The summed E-state index contributed by atoms with van der Waals surface area (Å²) in [5.41, 5.74) is -1.33. The maximum absolute atomic E-state index is 11.7. The Balaban J connectivity index is 2.16. The van der Waals surface area contributed by atoms with Crippen LogP contribution in [0.2, 0.25) is 0 Å². The number of nitrogens with zero attached hydrogens (tertiary/aromatic N) is 1. The highest BCUT2D eigenvalue weighted by Crippen LogP contribution is 2.40. The molecule has 0 saturated carbocycles. The van der Waals surface area contributed by atoms with E-state index < -0.39 is 23.6 Å². The quantitative estimate of drug-likeness (QED) is 0.534. The largest absolute Gasteiger partial charge is 0.469 e. The fourth-order valence-corrected chi connectivity index (χ4v) is 2.89. The summed E-state index contributed by atoms with van der Waals surface area (Å²) >= 11 is 0. The number of fused-ring (bicyclic) bond motifs is 1. The minimum atomic E-state index is -1.33. The minimum absolute atomic E-state index is 0.00296. The van der Waals surface area contributed by atoms with Crippen LogP contribution >= 0.6 is 0 Å². The predicted octanol–water partition coefficient (Wildman–Crippen LogP) is -0.783. The maximum Gasteiger partial charge on any atom is 0.328 e. The summed E-state index contributed by atoms with van der Waals surface area (Å²) in [5.74, 6) is -1.23. The van der Waals surface area contributed by atoms with Crippen molar-refractivity contribution in [1.82, 2.24) is 4.90 Å². The molecule has 0 aromatic heterocycles. The summed E-state index contributed by atoms with van der Waals surface area (Å²) in [4.78, 5) is 36.0. The van der Waals surface area contributed by atoms with Crippen LogP contribution in [0.1, 0.15) is 25.7 Å². The molecule has 1 N–H and O–H groups in total. The molecule has 3 atom stereocenters. The first-order valence-corrected chi connectivity index (χ1v) is 6.08. The zero-order chi connectivity index (χ0) is 14.2. The standard InChI is InChI=1S/C12H17NO6/c1-18-10(15)6-12(17)4-7-3-9(14)13(7)8(5-12)11(16)19-2/h7-8,17H,3-6H2,1-2H3. The molecule has 0 radical (unpaired) electrons. The van der Waals surface area contributed by atoms with E-state index in [9.17, 15) is 19.5 Å². The van der Waals surface area contributed by atoms with Crippen molar-refractivity contribution in [3.8, 4) is 0 Å². The SMILES string of the molecule is COC(=O)CC1(O)CC2CC(=O)N2C(C(=O)OC)C1. The van der Waals surface area contributed by atoms with Gasteiger partial charge < -0.3 is 19.5 Å². The van der Waals surface area contributed by atoms with Crippen molar-refractivity contribution >= 4 is 17.8 Å². The number of ether oxygens (including phenoxy) is 2. The smallest absolute Gasteiger partial charge is 0.328 e. The van der Waals surface area contributed by atoms with E-state index in [1.165, 1.54) is 19.1 Å². The molecule has 2 aliphatic rings. The molecule has 0 aromatic carbocycles. The number of hydrogen-bond donors (Lipinski definition) is 1. The number of piperidine rings is 1. The molecule has 2 aliphatic heterocycles. The average molecular weight is 271 g/mol. The van der Waals surface area contributed by atoms with Gasteiger partial charge in [0.25, 0.3) is 0 Å². The fraction of sp³-hybridized carbons (Fsp3) is 0.750. The van der Waals surface area contributed by atoms with Crippen molar-refractivity contribution in [2.24, 2.45) is 0 Å². The molecule has 19 heavy (non-hydrogen) atoms. The first-order valence-electron chi connectivity index (χ1n) is 6.08. The summed E-state index contributed by atoms with van der Waals surface area (Å²) < 4.78 is 9.20. The summed E-state index contributed by atoms with van der Waals surface area (Å²) in [6, 6.07) is -1.03. The van der Waals surface area contributed by atoms with Crippen molar-refractivity contribution in [2.45, 2.75) is 43.4 Å². The van der Waals surface area contributed by atoms with Gasteiger partial charge in [0.15, 0.2) is 0 Å². The molecule has 0 bridgehead atoms. The average Bonchev–Trinajstić information content (AvgIpc) is 2.35. The van der Waals surface area contributed by atoms with Gasteiger partial charge in [0, 0.05) is 18.9 Å². The Labute approximate surface area is 110 Å². The second-order valence-electron chi connectivity index (χ2n) is 5.08. The van der Waals surface area contributed by atoms with E-state index in [4.69, 9.17) is 0 Å². The zero-order valence-corrected chi connectivity index (χ0v) is 10.9. The summed E-state index contributed by atoms with van der Waals surface area (Å²) in [6.07, 6.45) is 0.380. The normalized spacial score (nSPS) is 33.2. The van der Waals surface area contributed by atoms with Gasteiger partial charge >= 0.3 is 11.9 Å². The summed E-state index contributed by atoms with van der Waals surface area (Å²) in [7, 11) is 2.47. The van der Waals surface area contributed by atoms with Gasteiger partial charge in [0.05, 0.1) is 26.2 Å². The third kappa shape index (κ3) is 2.42. The van der Waals surface area contributed by atoms with E-state index in [-0.39, 0.29) is 37.6 Å².